The molecule has 1 unspecified atom stereocenters. The van der Waals surface area contributed by atoms with Crippen molar-refractivity contribution in [2.45, 2.75) is 40.0 Å². The molecule has 0 aromatic rings. The number of carbonyl (C=O) groups is 1. The maximum atomic E-state index is 10.3. The Hall–Kier alpha value is -0.530. The van der Waals surface area contributed by atoms with E-state index in [1.54, 1.807) is 0 Å². The first kappa shape index (κ1) is 10.5. The molecule has 0 bridgehead atoms. The number of hydrogen-bond donors (Lipinski definition) is 1. The highest BCUT2D eigenvalue weighted by atomic mass is 16.4. The largest absolute Gasteiger partial charge is 0.481 e. The third kappa shape index (κ3) is 7.37. The Balaban J connectivity index is 3.37. The van der Waals surface area contributed by atoms with Crippen molar-refractivity contribution in [3.05, 3.63) is 0 Å². The van der Waals surface area contributed by atoms with Crippen LogP contribution in [0.25, 0.3) is 0 Å². The van der Waals surface area contributed by atoms with Crippen molar-refractivity contribution in [1.82, 2.24) is 0 Å². The minimum atomic E-state index is -0.679. The molecule has 2 heteroatoms. The zero-order valence-corrected chi connectivity index (χ0v) is 7.63. The van der Waals surface area contributed by atoms with Gasteiger partial charge in [0.1, 0.15) is 0 Å². The molecule has 1 atom stereocenters. The van der Waals surface area contributed by atoms with Gasteiger partial charge in [0.15, 0.2) is 0 Å². The van der Waals surface area contributed by atoms with Crippen LogP contribution in [0.5, 0.6) is 0 Å². The summed E-state index contributed by atoms with van der Waals surface area (Å²) < 4.78 is 0. The fraction of sp³-hybridized carbons (Fsp3) is 0.889. The van der Waals surface area contributed by atoms with Crippen LogP contribution in [0.15, 0.2) is 0 Å². The first-order valence-electron chi connectivity index (χ1n) is 4.24. The highest BCUT2D eigenvalue weighted by Gasteiger charge is 2.07. The zero-order valence-electron chi connectivity index (χ0n) is 7.63. The lowest BCUT2D eigenvalue weighted by atomic mass is 9.97. The second-order valence-corrected chi connectivity index (χ2v) is 3.67. The quantitative estimate of drug-likeness (QED) is 0.667. The lowest BCUT2D eigenvalue weighted by molar-refractivity contribution is -0.138. The van der Waals surface area contributed by atoms with Gasteiger partial charge in [0.2, 0.25) is 0 Å². The smallest absolute Gasteiger partial charge is 0.303 e. The average molecular weight is 158 g/mol. The molecule has 0 radical (unpaired) electrons. The second-order valence-electron chi connectivity index (χ2n) is 3.67. The summed E-state index contributed by atoms with van der Waals surface area (Å²) in [6.07, 6.45) is 2.48. The van der Waals surface area contributed by atoms with Gasteiger partial charge in [-0.25, -0.2) is 0 Å². The minimum Gasteiger partial charge on any atom is -0.481 e. The van der Waals surface area contributed by atoms with Crippen molar-refractivity contribution >= 4 is 5.97 Å². The van der Waals surface area contributed by atoms with E-state index in [2.05, 4.69) is 13.8 Å². The molecule has 0 heterocycles. The number of carboxylic acid groups (broad SMARTS) is 1. The molecule has 0 fully saturated rings. The zero-order chi connectivity index (χ0) is 8.85. The molecule has 2 nitrogen and oxygen atoms in total. The average Bonchev–Trinajstić information content (AvgIpc) is 1.82. The Labute approximate surface area is 68.6 Å². The third-order valence-corrected chi connectivity index (χ3v) is 1.76. The summed E-state index contributed by atoms with van der Waals surface area (Å²) in [6, 6.07) is 0. The van der Waals surface area contributed by atoms with Gasteiger partial charge < -0.3 is 5.11 Å². The van der Waals surface area contributed by atoms with Gasteiger partial charge in [0, 0.05) is 6.42 Å². The van der Waals surface area contributed by atoms with E-state index >= 15 is 0 Å². The van der Waals surface area contributed by atoms with Crippen LogP contribution < -0.4 is 0 Å². The van der Waals surface area contributed by atoms with Crippen molar-refractivity contribution in [1.29, 1.82) is 0 Å². The molecule has 0 saturated carbocycles. The number of aliphatic carboxylic acids is 1. The fourth-order valence-corrected chi connectivity index (χ4v) is 1.02. The molecule has 0 aromatic carbocycles. The molecule has 0 aliphatic rings. The summed E-state index contributed by atoms with van der Waals surface area (Å²) in [5.41, 5.74) is 0. The molecule has 0 aromatic heterocycles. The second kappa shape index (κ2) is 5.16. The summed E-state index contributed by atoms with van der Waals surface area (Å²) in [7, 11) is 0. The molecule has 0 rings (SSSR count). The van der Waals surface area contributed by atoms with Crippen molar-refractivity contribution in [2.24, 2.45) is 11.8 Å². The SMILES string of the molecule is CC(C)CCC(C)CC(=O)O. The number of carboxylic acids is 1. The van der Waals surface area contributed by atoms with Gasteiger partial charge in [-0.05, 0) is 18.3 Å². The van der Waals surface area contributed by atoms with Crippen LogP contribution in [0.2, 0.25) is 0 Å². The topological polar surface area (TPSA) is 37.3 Å². The van der Waals surface area contributed by atoms with Crippen molar-refractivity contribution in [3.8, 4) is 0 Å². The molecule has 0 aliphatic heterocycles. The Morgan fingerprint density at radius 3 is 2.18 bits per heavy atom. The molecule has 66 valence electrons. The molecule has 0 amide bonds. The van der Waals surface area contributed by atoms with Crippen molar-refractivity contribution in [2.75, 3.05) is 0 Å². The van der Waals surface area contributed by atoms with E-state index in [9.17, 15) is 4.79 Å². The van der Waals surface area contributed by atoms with Crippen molar-refractivity contribution < 1.29 is 9.90 Å². The van der Waals surface area contributed by atoms with E-state index < -0.39 is 5.97 Å². The van der Waals surface area contributed by atoms with Crippen LogP contribution in [0.1, 0.15) is 40.0 Å². The first-order chi connectivity index (χ1) is 5.02. The lowest BCUT2D eigenvalue weighted by Crippen LogP contribution is -2.05. The standard InChI is InChI=1S/C9H18O2/c1-7(2)4-5-8(3)6-9(10)11/h7-8H,4-6H2,1-3H3,(H,10,11). The van der Waals surface area contributed by atoms with Crippen LogP contribution in [0.3, 0.4) is 0 Å². The molecular formula is C9H18O2. The predicted molar refractivity (Wildman–Crippen MR) is 45.5 cm³/mol. The molecule has 0 saturated heterocycles. The first-order valence-corrected chi connectivity index (χ1v) is 4.24. The van der Waals surface area contributed by atoms with Crippen LogP contribution in [-0.4, -0.2) is 11.1 Å². The van der Waals surface area contributed by atoms with Gasteiger partial charge in [-0.15, -0.1) is 0 Å². The predicted octanol–water partition coefficient (Wildman–Crippen LogP) is 2.53. The third-order valence-electron chi connectivity index (χ3n) is 1.76. The maximum Gasteiger partial charge on any atom is 0.303 e. The van der Waals surface area contributed by atoms with Gasteiger partial charge in [-0.1, -0.05) is 27.2 Å². The molecular weight excluding hydrogens is 140 g/mol. The summed E-state index contributed by atoms with van der Waals surface area (Å²) in [4.78, 5) is 10.3. The summed E-state index contributed by atoms with van der Waals surface area (Å²) in [5, 5.41) is 8.45. The monoisotopic (exact) mass is 158 g/mol. The van der Waals surface area contributed by atoms with Crippen LogP contribution >= 0.6 is 0 Å². The Morgan fingerprint density at radius 1 is 1.27 bits per heavy atom. The molecule has 0 spiro atoms. The molecule has 11 heavy (non-hydrogen) atoms. The Kier molecular flexibility index (Phi) is 4.92. The van der Waals surface area contributed by atoms with Gasteiger partial charge in [-0.2, -0.15) is 0 Å². The minimum absolute atomic E-state index is 0.312. The van der Waals surface area contributed by atoms with E-state index in [4.69, 9.17) is 5.11 Å². The summed E-state index contributed by atoms with van der Waals surface area (Å²) in [6.45, 7) is 6.32. The number of rotatable bonds is 5. The van der Waals surface area contributed by atoms with E-state index in [-0.39, 0.29) is 0 Å². The Morgan fingerprint density at radius 2 is 1.82 bits per heavy atom. The summed E-state index contributed by atoms with van der Waals surface area (Å²) >= 11 is 0. The van der Waals surface area contributed by atoms with E-state index in [0.717, 1.165) is 12.8 Å². The summed E-state index contributed by atoms with van der Waals surface area (Å²) in [5.74, 6) is 0.336. The Bertz CT molecular complexity index is 119. The van der Waals surface area contributed by atoms with E-state index in [1.165, 1.54) is 0 Å². The van der Waals surface area contributed by atoms with Crippen molar-refractivity contribution in [3.63, 3.8) is 0 Å². The van der Waals surface area contributed by atoms with Crippen LogP contribution in [0, 0.1) is 11.8 Å². The van der Waals surface area contributed by atoms with Crippen LogP contribution in [0.4, 0.5) is 0 Å². The van der Waals surface area contributed by atoms with Gasteiger partial charge in [-0.3, -0.25) is 4.79 Å². The number of hydrogen-bond acceptors (Lipinski definition) is 1. The van der Waals surface area contributed by atoms with E-state index in [1.807, 2.05) is 6.92 Å². The maximum absolute atomic E-state index is 10.3. The molecule has 0 aliphatic carbocycles. The van der Waals surface area contributed by atoms with Gasteiger partial charge in [0.25, 0.3) is 0 Å². The highest BCUT2D eigenvalue weighted by molar-refractivity contribution is 5.66. The normalized spacial score (nSPS) is 13.5. The lowest BCUT2D eigenvalue weighted by Gasteiger charge is -2.09. The highest BCUT2D eigenvalue weighted by Crippen LogP contribution is 2.14. The van der Waals surface area contributed by atoms with E-state index in [0.29, 0.717) is 18.3 Å². The molecule has 1 N–H and O–H groups in total. The van der Waals surface area contributed by atoms with Gasteiger partial charge in [0.05, 0.1) is 0 Å². The van der Waals surface area contributed by atoms with Crippen LogP contribution in [-0.2, 0) is 4.79 Å². The fourth-order valence-electron chi connectivity index (χ4n) is 1.02. The van der Waals surface area contributed by atoms with Gasteiger partial charge >= 0.3 is 5.97 Å².